The maximum Gasteiger partial charge on any atom is 0.0829 e. The molecule has 2 saturated heterocycles. The Bertz CT molecular complexity index is 327. The van der Waals surface area contributed by atoms with E-state index >= 15 is 0 Å². The molecule has 2 aliphatic rings. The van der Waals surface area contributed by atoms with Gasteiger partial charge in [0.1, 0.15) is 0 Å². The minimum atomic E-state index is 0.401. The molecule has 4 nitrogen and oxygen atoms in total. The molecule has 0 aliphatic carbocycles. The average Bonchev–Trinajstić information content (AvgIpc) is 2.48. The van der Waals surface area contributed by atoms with Gasteiger partial charge < -0.3 is 9.64 Å². The molecule has 4 heteroatoms. The molecule has 0 aromatic rings. The van der Waals surface area contributed by atoms with Crippen LogP contribution in [0, 0.1) is 11.8 Å². The summed E-state index contributed by atoms with van der Waals surface area (Å²) in [6.07, 6.45) is 1.75. The predicted molar refractivity (Wildman–Crippen MR) is 97.9 cm³/mol. The topological polar surface area (TPSA) is 19.0 Å². The number of hydrogen-bond donors (Lipinski definition) is 0. The first-order chi connectivity index (χ1) is 10.9. The maximum atomic E-state index is 6.00. The van der Waals surface area contributed by atoms with Crippen molar-refractivity contribution in [3.63, 3.8) is 0 Å². The Labute approximate surface area is 144 Å². The van der Waals surface area contributed by atoms with Gasteiger partial charge in [-0.25, -0.2) is 0 Å². The van der Waals surface area contributed by atoms with E-state index in [-0.39, 0.29) is 0 Å². The normalized spacial score (nSPS) is 27.0. The van der Waals surface area contributed by atoms with Crippen LogP contribution in [0.3, 0.4) is 0 Å². The molecule has 0 unspecified atom stereocenters. The van der Waals surface area contributed by atoms with Gasteiger partial charge in [-0.2, -0.15) is 0 Å². The SMILES string of the molecule is CC(C)C[C@@H](C)CN1CCN(C[C@@H]2CN(C(C)C)CCO2)CC1. The molecule has 136 valence electrons. The van der Waals surface area contributed by atoms with E-state index in [1.807, 2.05) is 0 Å². The number of morpholine rings is 1. The third-order valence-electron chi connectivity index (χ3n) is 5.27. The van der Waals surface area contributed by atoms with E-state index in [0.717, 1.165) is 38.1 Å². The molecule has 0 radical (unpaired) electrons. The minimum absolute atomic E-state index is 0.401. The molecule has 2 rings (SSSR count). The van der Waals surface area contributed by atoms with Gasteiger partial charge >= 0.3 is 0 Å². The van der Waals surface area contributed by atoms with Crippen LogP contribution >= 0.6 is 0 Å². The van der Waals surface area contributed by atoms with Crippen LogP contribution in [0.1, 0.15) is 41.0 Å². The number of piperazine rings is 1. The van der Waals surface area contributed by atoms with Crippen LogP contribution in [0.2, 0.25) is 0 Å². The first-order valence-corrected chi connectivity index (χ1v) is 9.74. The van der Waals surface area contributed by atoms with Crippen molar-refractivity contribution in [1.82, 2.24) is 14.7 Å². The molecule has 0 aromatic carbocycles. The van der Waals surface area contributed by atoms with Gasteiger partial charge in [-0.1, -0.05) is 20.8 Å². The Hall–Kier alpha value is -0.160. The standard InChI is InChI=1S/C19H39N3O/c1-16(2)12-18(5)13-20-6-8-21(9-7-20)14-19-15-22(17(3)4)10-11-23-19/h16-19H,6-15H2,1-5H3/t18-,19-/m1/s1. The molecule has 23 heavy (non-hydrogen) atoms. The van der Waals surface area contributed by atoms with E-state index < -0.39 is 0 Å². The maximum absolute atomic E-state index is 6.00. The highest BCUT2D eigenvalue weighted by Crippen LogP contribution is 2.15. The summed E-state index contributed by atoms with van der Waals surface area (Å²) in [6.45, 7) is 22.0. The van der Waals surface area contributed by atoms with Crippen molar-refractivity contribution < 1.29 is 4.74 Å². The van der Waals surface area contributed by atoms with Crippen molar-refractivity contribution >= 4 is 0 Å². The summed E-state index contributed by atoms with van der Waals surface area (Å²) < 4.78 is 6.00. The second-order valence-corrected chi connectivity index (χ2v) is 8.42. The highest BCUT2D eigenvalue weighted by Gasteiger charge is 2.26. The Balaban J connectivity index is 1.66. The van der Waals surface area contributed by atoms with Crippen LogP contribution < -0.4 is 0 Å². The number of hydrogen-bond acceptors (Lipinski definition) is 4. The summed E-state index contributed by atoms with van der Waals surface area (Å²) in [7, 11) is 0. The molecule has 2 atom stereocenters. The first kappa shape index (κ1) is 19.2. The van der Waals surface area contributed by atoms with Gasteiger partial charge in [0.15, 0.2) is 0 Å². The van der Waals surface area contributed by atoms with Gasteiger partial charge in [-0.3, -0.25) is 9.80 Å². The summed E-state index contributed by atoms with van der Waals surface area (Å²) in [5.41, 5.74) is 0. The lowest BCUT2D eigenvalue weighted by atomic mass is 9.98. The van der Waals surface area contributed by atoms with Crippen molar-refractivity contribution in [2.24, 2.45) is 11.8 Å². The summed E-state index contributed by atoms with van der Waals surface area (Å²) in [4.78, 5) is 7.82. The molecule has 2 aliphatic heterocycles. The lowest BCUT2D eigenvalue weighted by molar-refractivity contribution is -0.0566. The van der Waals surface area contributed by atoms with Crippen LogP contribution in [-0.4, -0.2) is 85.8 Å². The molecule has 0 spiro atoms. The summed E-state index contributed by atoms with van der Waals surface area (Å²) in [5, 5.41) is 0. The van der Waals surface area contributed by atoms with E-state index in [0.29, 0.717) is 12.1 Å². The molecule has 2 fully saturated rings. The Kier molecular flexibility index (Phi) is 7.80. The Morgan fingerprint density at radius 3 is 2.17 bits per heavy atom. The summed E-state index contributed by atoms with van der Waals surface area (Å²) >= 11 is 0. The monoisotopic (exact) mass is 325 g/mol. The number of ether oxygens (including phenoxy) is 1. The second-order valence-electron chi connectivity index (χ2n) is 8.42. The van der Waals surface area contributed by atoms with Crippen LogP contribution in [0.4, 0.5) is 0 Å². The molecule has 0 aromatic heterocycles. The lowest BCUT2D eigenvalue weighted by Gasteiger charge is -2.40. The Morgan fingerprint density at radius 2 is 1.57 bits per heavy atom. The van der Waals surface area contributed by atoms with Gasteiger partial charge in [0.2, 0.25) is 0 Å². The van der Waals surface area contributed by atoms with Crippen molar-refractivity contribution in [3.05, 3.63) is 0 Å². The first-order valence-electron chi connectivity index (χ1n) is 9.74. The fraction of sp³-hybridized carbons (Fsp3) is 1.00. The van der Waals surface area contributed by atoms with Gasteiger partial charge in [-0.05, 0) is 32.1 Å². The third kappa shape index (κ3) is 6.69. The van der Waals surface area contributed by atoms with E-state index in [4.69, 9.17) is 4.74 Å². The highest BCUT2D eigenvalue weighted by molar-refractivity contribution is 4.80. The van der Waals surface area contributed by atoms with Crippen LogP contribution in [-0.2, 0) is 4.74 Å². The highest BCUT2D eigenvalue weighted by atomic mass is 16.5. The summed E-state index contributed by atoms with van der Waals surface area (Å²) in [5.74, 6) is 1.64. The van der Waals surface area contributed by atoms with Gasteiger partial charge in [0.05, 0.1) is 12.7 Å². The fourth-order valence-electron chi connectivity index (χ4n) is 4.08. The summed E-state index contributed by atoms with van der Waals surface area (Å²) in [6, 6.07) is 0.640. The third-order valence-corrected chi connectivity index (χ3v) is 5.27. The van der Waals surface area contributed by atoms with Crippen molar-refractivity contribution in [3.8, 4) is 0 Å². The van der Waals surface area contributed by atoms with Crippen molar-refractivity contribution in [2.75, 3.05) is 59.0 Å². The number of rotatable bonds is 7. The average molecular weight is 326 g/mol. The minimum Gasteiger partial charge on any atom is -0.374 e. The zero-order chi connectivity index (χ0) is 16.8. The van der Waals surface area contributed by atoms with Crippen LogP contribution in [0.25, 0.3) is 0 Å². The van der Waals surface area contributed by atoms with E-state index in [1.165, 1.54) is 39.1 Å². The lowest BCUT2D eigenvalue weighted by Crippen LogP contribution is -2.53. The zero-order valence-electron chi connectivity index (χ0n) is 16.1. The molecular weight excluding hydrogens is 286 g/mol. The fourth-order valence-corrected chi connectivity index (χ4v) is 4.08. The van der Waals surface area contributed by atoms with Crippen molar-refractivity contribution in [2.45, 2.75) is 53.2 Å². The quantitative estimate of drug-likeness (QED) is 0.715. The molecule has 2 heterocycles. The van der Waals surface area contributed by atoms with E-state index in [9.17, 15) is 0 Å². The largest absolute Gasteiger partial charge is 0.374 e. The molecule has 0 N–H and O–H groups in total. The second kappa shape index (κ2) is 9.36. The van der Waals surface area contributed by atoms with E-state index in [2.05, 4.69) is 49.3 Å². The molecular formula is C19H39N3O. The zero-order valence-corrected chi connectivity index (χ0v) is 16.1. The Morgan fingerprint density at radius 1 is 0.913 bits per heavy atom. The molecule has 0 saturated carbocycles. The van der Waals surface area contributed by atoms with Crippen molar-refractivity contribution in [1.29, 1.82) is 0 Å². The van der Waals surface area contributed by atoms with Gasteiger partial charge in [0, 0.05) is 58.4 Å². The smallest absolute Gasteiger partial charge is 0.0829 e. The molecule has 0 amide bonds. The van der Waals surface area contributed by atoms with Crippen LogP contribution in [0.15, 0.2) is 0 Å². The molecule has 0 bridgehead atoms. The van der Waals surface area contributed by atoms with E-state index in [1.54, 1.807) is 0 Å². The van der Waals surface area contributed by atoms with Gasteiger partial charge in [0.25, 0.3) is 0 Å². The van der Waals surface area contributed by atoms with Crippen LogP contribution in [0.5, 0.6) is 0 Å². The predicted octanol–water partition coefficient (Wildman–Crippen LogP) is 2.40. The number of nitrogens with zero attached hydrogens (tertiary/aromatic N) is 3. The van der Waals surface area contributed by atoms with Gasteiger partial charge in [-0.15, -0.1) is 0 Å².